The van der Waals surface area contributed by atoms with Gasteiger partial charge in [0, 0.05) is 6.04 Å². The van der Waals surface area contributed by atoms with E-state index in [1.807, 2.05) is 0 Å². The Labute approximate surface area is 86.8 Å². The first-order valence-electron chi connectivity index (χ1n) is 5.74. The van der Waals surface area contributed by atoms with E-state index in [0.29, 0.717) is 18.8 Å². The molecule has 0 radical (unpaired) electrons. The van der Waals surface area contributed by atoms with E-state index in [4.69, 9.17) is 9.84 Å². The number of aliphatic hydroxyl groups is 1. The first kappa shape index (κ1) is 12.0. The van der Waals surface area contributed by atoms with Crippen LogP contribution in [-0.4, -0.2) is 36.5 Å². The maximum atomic E-state index is 9.10. The molecule has 14 heavy (non-hydrogen) atoms. The molecule has 1 fully saturated rings. The zero-order valence-electron chi connectivity index (χ0n) is 9.33. The van der Waals surface area contributed by atoms with Crippen LogP contribution in [0.25, 0.3) is 0 Å². The topological polar surface area (TPSA) is 41.5 Å². The lowest BCUT2D eigenvalue weighted by atomic mass is 10.2. The molecule has 2 N–H and O–H groups in total. The normalized spacial score (nSPS) is 20.8. The van der Waals surface area contributed by atoms with Gasteiger partial charge in [-0.3, -0.25) is 0 Å². The SMILES string of the molecule is CCCC(C)OCC(CO)NC1CC1. The second-order valence-electron chi connectivity index (χ2n) is 4.25. The minimum atomic E-state index is 0.127. The smallest absolute Gasteiger partial charge is 0.0645 e. The van der Waals surface area contributed by atoms with Crippen molar-refractivity contribution in [2.45, 2.75) is 57.7 Å². The Hall–Kier alpha value is -0.120. The molecule has 0 aromatic carbocycles. The molecule has 1 aliphatic rings. The quantitative estimate of drug-likeness (QED) is 0.622. The van der Waals surface area contributed by atoms with Crippen LogP contribution in [0, 0.1) is 0 Å². The number of ether oxygens (including phenoxy) is 1. The molecular formula is C11H23NO2. The van der Waals surface area contributed by atoms with E-state index < -0.39 is 0 Å². The average Bonchev–Trinajstić information content (AvgIpc) is 2.96. The lowest BCUT2D eigenvalue weighted by Gasteiger charge is -2.19. The molecule has 84 valence electrons. The summed E-state index contributed by atoms with van der Waals surface area (Å²) in [6, 6.07) is 0.763. The third-order valence-electron chi connectivity index (χ3n) is 2.55. The monoisotopic (exact) mass is 201 g/mol. The van der Waals surface area contributed by atoms with Gasteiger partial charge >= 0.3 is 0 Å². The van der Waals surface area contributed by atoms with Crippen molar-refractivity contribution in [3.8, 4) is 0 Å². The number of rotatable bonds is 8. The number of nitrogens with one attached hydrogen (secondary N) is 1. The number of aliphatic hydroxyl groups excluding tert-OH is 1. The maximum Gasteiger partial charge on any atom is 0.0645 e. The lowest BCUT2D eigenvalue weighted by molar-refractivity contribution is 0.0320. The fourth-order valence-corrected chi connectivity index (χ4v) is 1.51. The summed E-state index contributed by atoms with van der Waals surface area (Å²) in [6.45, 7) is 5.06. The summed E-state index contributed by atoms with van der Waals surface area (Å²) < 4.78 is 5.64. The van der Waals surface area contributed by atoms with E-state index in [2.05, 4.69) is 19.2 Å². The summed E-state index contributed by atoms with van der Waals surface area (Å²) in [6.07, 6.45) is 5.07. The molecule has 0 spiro atoms. The van der Waals surface area contributed by atoms with Crippen molar-refractivity contribution in [2.75, 3.05) is 13.2 Å². The summed E-state index contributed by atoms with van der Waals surface area (Å²) in [7, 11) is 0. The van der Waals surface area contributed by atoms with Crippen molar-refractivity contribution in [1.82, 2.24) is 5.32 Å². The van der Waals surface area contributed by atoms with Gasteiger partial charge in [0.25, 0.3) is 0 Å². The fourth-order valence-electron chi connectivity index (χ4n) is 1.51. The summed E-state index contributed by atoms with van der Waals surface area (Å²) >= 11 is 0. The molecule has 0 aliphatic heterocycles. The highest BCUT2D eigenvalue weighted by Crippen LogP contribution is 2.19. The molecule has 1 saturated carbocycles. The Balaban J connectivity index is 2.06. The molecule has 0 aromatic rings. The number of hydrogen-bond acceptors (Lipinski definition) is 3. The van der Waals surface area contributed by atoms with E-state index in [1.165, 1.54) is 12.8 Å². The van der Waals surface area contributed by atoms with Gasteiger partial charge in [-0.05, 0) is 26.2 Å². The molecule has 0 saturated heterocycles. The van der Waals surface area contributed by atoms with Gasteiger partial charge in [0.1, 0.15) is 0 Å². The largest absolute Gasteiger partial charge is 0.395 e. The summed E-state index contributed by atoms with van der Waals surface area (Å²) in [4.78, 5) is 0. The Morgan fingerprint density at radius 1 is 1.50 bits per heavy atom. The molecule has 0 aromatic heterocycles. The minimum Gasteiger partial charge on any atom is -0.395 e. The third-order valence-corrected chi connectivity index (χ3v) is 2.55. The predicted molar refractivity (Wildman–Crippen MR) is 57.4 cm³/mol. The van der Waals surface area contributed by atoms with Gasteiger partial charge < -0.3 is 15.2 Å². The zero-order valence-corrected chi connectivity index (χ0v) is 9.33. The number of hydrogen-bond donors (Lipinski definition) is 2. The highest BCUT2D eigenvalue weighted by atomic mass is 16.5. The van der Waals surface area contributed by atoms with E-state index >= 15 is 0 Å². The second-order valence-corrected chi connectivity index (χ2v) is 4.25. The molecule has 3 heteroatoms. The maximum absolute atomic E-state index is 9.10. The van der Waals surface area contributed by atoms with E-state index in [0.717, 1.165) is 12.8 Å². The van der Waals surface area contributed by atoms with Crippen molar-refractivity contribution in [2.24, 2.45) is 0 Å². The Morgan fingerprint density at radius 3 is 2.71 bits per heavy atom. The standard InChI is InChI=1S/C11H23NO2/c1-3-4-9(2)14-8-11(7-13)12-10-5-6-10/h9-13H,3-8H2,1-2H3. The summed E-state index contributed by atoms with van der Waals surface area (Å²) in [5.41, 5.74) is 0. The molecule has 1 rings (SSSR count). The van der Waals surface area contributed by atoms with Crippen LogP contribution in [0.15, 0.2) is 0 Å². The highest BCUT2D eigenvalue weighted by Gasteiger charge is 2.24. The first-order chi connectivity index (χ1) is 6.76. The van der Waals surface area contributed by atoms with Gasteiger partial charge in [-0.25, -0.2) is 0 Å². The Morgan fingerprint density at radius 2 is 2.21 bits per heavy atom. The van der Waals surface area contributed by atoms with Crippen LogP contribution in [0.4, 0.5) is 0 Å². The van der Waals surface area contributed by atoms with E-state index in [-0.39, 0.29) is 12.6 Å². The summed E-state index contributed by atoms with van der Waals surface area (Å²) in [5.74, 6) is 0. The van der Waals surface area contributed by atoms with Crippen molar-refractivity contribution in [1.29, 1.82) is 0 Å². The average molecular weight is 201 g/mol. The van der Waals surface area contributed by atoms with Crippen LogP contribution >= 0.6 is 0 Å². The second kappa shape index (κ2) is 6.38. The van der Waals surface area contributed by atoms with Gasteiger partial charge in [0.15, 0.2) is 0 Å². The Bertz CT molecular complexity index is 148. The van der Waals surface area contributed by atoms with Crippen molar-refractivity contribution in [3.05, 3.63) is 0 Å². The third kappa shape index (κ3) is 4.94. The molecule has 3 nitrogen and oxygen atoms in total. The molecule has 1 aliphatic carbocycles. The van der Waals surface area contributed by atoms with Crippen molar-refractivity contribution >= 4 is 0 Å². The van der Waals surface area contributed by atoms with Gasteiger partial charge in [0.05, 0.1) is 25.4 Å². The van der Waals surface area contributed by atoms with Gasteiger partial charge in [0.2, 0.25) is 0 Å². The van der Waals surface area contributed by atoms with Crippen LogP contribution < -0.4 is 5.32 Å². The highest BCUT2D eigenvalue weighted by molar-refractivity contribution is 4.84. The molecule has 2 atom stereocenters. The van der Waals surface area contributed by atoms with Crippen LogP contribution in [0.2, 0.25) is 0 Å². The van der Waals surface area contributed by atoms with Gasteiger partial charge in [-0.1, -0.05) is 13.3 Å². The molecule has 0 bridgehead atoms. The van der Waals surface area contributed by atoms with Crippen molar-refractivity contribution in [3.63, 3.8) is 0 Å². The van der Waals surface area contributed by atoms with Crippen LogP contribution in [0.5, 0.6) is 0 Å². The predicted octanol–water partition coefficient (Wildman–Crippen LogP) is 1.30. The zero-order chi connectivity index (χ0) is 10.4. The van der Waals surface area contributed by atoms with Crippen molar-refractivity contribution < 1.29 is 9.84 Å². The van der Waals surface area contributed by atoms with E-state index in [1.54, 1.807) is 0 Å². The molecule has 0 heterocycles. The van der Waals surface area contributed by atoms with Crippen LogP contribution in [0.3, 0.4) is 0 Å². The Kier molecular flexibility index (Phi) is 5.45. The van der Waals surface area contributed by atoms with Crippen LogP contribution in [0.1, 0.15) is 39.5 Å². The first-order valence-corrected chi connectivity index (χ1v) is 5.74. The summed E-state index contributed by atoms with van der Waals surface area (Å²) in [5, 5.41) is 12.5. The molecule has 2 unspecified atom stereocenters. The van der Waals surface area contributed by atoms with Gasteiger partial charge in [-0.2, -0.15) is 0 Å². The van der Waals surface area contributed by atoms with E-state index in [9.17, 15) is 0 Å². The lowest BCUT2D eigenvalue weighted by Crippen LogP contribution is -2.39. The minimum absolute atomic E-state index is 0.127. The van der Waals surface area contributed by atoms with Crippen LogP contribution in [-0.2, 0) is 4.74 Å². The fraction of sp³-hybridized carbons (Fsp3) is 1.00. The molecular weight excluding hydrogens is 178 g/mol. The molecule has 0 amide bonds. The van der Waals surface area contributed by atoms with Gasteiger partial charge in [-0.15, -0.1) is 0 Å².